The Bertz CT molecular complexity index is 450. The van der Waals surface area contributed by atoms with Crippen LogP contribution in [0.3, 0.4) is 0 Å². The van der Waals surface area contributed by atoms with E-state index < -0.39 is 0 Å². The molecular weight excluding hydrogens is 184 g/mol. The van der Waals surface area contributed by atoms with Gasteiger partial charge in [-0.1, -0.05) is 0 Å². The lowest BCUT2D eigenvalue weighted by molar-refractivity contribution is -0.114. The number of carbonyl (C=O) groups excluding carboxylic acids is 1. The molecule has 1 N–H and O–H groups in total. The van der Waals surface area contributed by atoms with Gasteiger partial charge in [-0.3, -0.25) is 4.79 Å². The summed E-state index contributed by atoms with van der Waals surface area (Å²) in [4.78, 5) is 14.9. The quantitative estimate of drug-likeness (QED) is 0.753. The molecule has 1 heterocycles. The van der Waals surface area contributed by atoms with E-state index in [1.807, 2.05) is 18.2 Å². The maximum atomic E-state index is 10.8. The van der Waals surface area contributed by atoms with Crippen LogP contribution in [0.25, 0.3) is 10.2 Å². The summed E-state index contributed by atoms with van der Waals surface area (Å²) in [5.41, 5.74) is 3.52. The fourth-order valence-corrected chi connectivity index (χ4v) is 1.80. The van der Waals surface area contributed by atoms with Gasteiger partial charge in [0.15, 0.2) is 0 Å². The Morgan fingerprint density at radius 3 is 3.15 bits per heavy atom. The van der Waals surface area contributed by atoms with Gasteiger partial charge in [0.05, 0.1) is 15.7 Å². The van der Waals surface area contributed by atoms with Gasteiger partial charge in [0.2, 0.25) is 5.91 Å². The molecule has 0 bridgehead atoms. The molecule has 0 spiro atoms. The second kappa shape index (κ2) is 3.14. The molecule has 0 aliphatic carbocycles. The highest BCUT2D eigenvalue weighted by molar-refractivity contribution is 7.16. The summed E-state index contributed by atoms with van der Waals surface area (Å²) in [5, 5.41) is 2.71. The lowest BCUT2D eigenvalue weighted by atomic mass is 10.3. The predicted molar refractivity (Wildman–Crippen MR) is 53.9 cm³/mol. The van der Waals surface area contributed by atoms with E-state index in [1.54, 1.807) is 16.8 Å². The number of fused-ring (bicyclic) bond motifs is 1. The fourth-order valence-electron chi connectivity index (χ4n) is 1.14. The van der Waals surface area contributed by atoms with Crippen molar-refractivity contribution in [1.29, 1.82) is 0 Å². The third-order valence-electron chi connectivity index (χ3n) is 1.65. The molecule has 1 amide bonds. The first kappa shape index (κ1) is 8.19. The average molecular weight is 192 g/mol. The maximum absolute atomic E-state index is 10.8. The Morgan fingerprint density at radius 2 is 2.38 bits per heavy atom. The van der Waals surface area contributed by atoms with Crippen molar-refractivity contribution in [2.75, 3.05) is 5.32 Å². The van der Waals surface area contributed by atoms with E-state index in [1.165, 1.54) is 6.92 Å². The minimum Gasteiger partial charge on any atom is -0.326 e. The van der Waals surface area contributed by atoms with E-state index in [0.717, 1.165) is 15.9 Å². The van der Waals surface area contributed by atoms with Gasteiger partial charge in [-0.2, -0.15) is 0 Å². The van der Waals surface area contributed by atoms with Crippen LogP contribution in [0.5, 0.6) is 0 Å². The summed E-state index contributed by atoms with van der Waals surface area (Å²) in [6, 6.07) is 5.70. The maximum Gasteiger partial charge on any atom is 0.221 e. The number of thiazole rings is 1. The molecule has 66 valence electrons. The molecule has 2 aromatic rings. The molecule has 0 fully saturated rings. The first-order valence-electron chi connectivity index (χ1n) is 3.86. The van der Waals surface area contributed by atoms with Crippen LogP contribution in [0.2, 0.25) is 0 Å². The molecule has 0 atom stereocenters. The third kappa shape index (κ3) is 1.67. The summed E-state index contributed by atoms with van der Waals surface area (Å²) in [7, 11) is 0. The molecule has 4 heteroatoms. The van der Waals surface area contributed by atoms with Gasteiger partial charge in [0, 0.05) is 12.6 Å². The SMILES string of the molecule is CC(=O)Nc1ccc2scnc2c1. The highest BCUT2D eigenvalue weighted by Gasteiger charge is 1.99. The molecule has 0 aliphatic rings. The topological polar surface area (TPSA) is 42.0 Å². The highest BCUT2D eigenvalue weighted by atomic mass is 32.1. The molecule has 0 radical (unpaired) electrons. The summed E-state index contributed by atoms with van der Waals surface area (Å²) in [5.74, 6) is -0.0606. The van der Waals surface area contributed by atoms with E-state index in [2.05, 4.69) is 10.3 Å². The average Bonchev–Trinajstić information content (AvgIpc) is 2.49. The Balaban J connectivity index is 2.42. The van der Waals surface area contributed by atoms with Crippen molar-refractivity contribution in [3.63, 3.8) is 0 Å². The normalized spacial score (nSPS) is 10.2. The second-order valence-corrected chi connectivity index (χ2v) is 3.60. The van der Waals surface area contributed by atoms with Crippen LogP contribution in [-0.4, -0.2) is 10.9 Å². The number of hydrogen-bond acceptors (Lipinski definition) is 3. The van der Waals surface area contributed by atoms with E-state index in [4.69, 9.17) is 0 Å². The standard InChI is InChI=1S/C9H8N2OS/c1-6(12)11-7-2-3-9-8(4-7)10-5-13-9/h2-5H,1H3,(H,11,12). The van der Waals surface area contributed by atoms with Crippen molar-refractivity contribution in [3.8, 4) is 0 Å². The molecule has 2 rings (SSSR count). The van der Waals surface area contributed by atoms with Crippen molar-refractivity contribution in [2.45, 2.75) is 6.92 Å². The van der Waals surface area contributed by atoms with E-state index in [-0.39, 0.29) is 5.91 Å². The van der Waals surface area contributed by atoms with Crippen LogP contribution in [0.4, 0.5) is 5.69 Å². The number of carbonyl (C=O) groups is 1. The van der Waals surface area contributed by atoms with Gasteiger partial charge in [0.25, 0.3) is 0 Å². The van der Waals surface area contributed by atoms with Crippen molar-refractivity contribution in [3.05, 3.63) is 23.7 Å². The van der Waals surface area contributed by atoms with Crippen LogP contribution in [0.15, 0.2) is 23.7 Å². The van der Waals surface area contributed by atoms with Gasteiger partial charge in [-0.25, -0.2) is 4.98 Å². The summed E-state index contributed by atoms with van der Waals surface area (Å²) in [6.07, 6.45) is 0. The number of amides is 1. The number of rotatable bonds is 1. The van der Waals surface area contributed by atoms with Gasteiger partial charge in [-0.15, -0.1) is 11.3 Å². The Hall–Kier alpha value is -1.42. The van der Waals surface area contributed by atoms with Gasteiger partial charge in [-0.05, 0) is 18.2 Å². The fraction of sp³-hybridized carbons (Fsp3) is 0.111. The zero-order chi connectivity index (χ0) is 9.26. The van der Waals surface area contributed by atoms with Gasteiger partial charge >= 0.3 is 0 Å². The van der Waals surface area contributed by atoms with Crippen LogP contribution in [-0.2, 0) is 4.79 Å². The Labute approximate surface area is 79.4 Å². The first-order chi connectivity index (χ1) is 6.25. The Kier molecular flexibility index (Phi) is 1.98. The van der Waals surface area contributed by atoms with Crippen molar-refractivity contribution >= 4 is 33.1 Å². The number of benzene rings is 1. The molecule has 0 saturated carbocycles. The smallest absolute Gasteiger partial charge is 0.221 e. The third-order valence-corrected chi connectivity index (χ3v) is 2.46. The van der Waals surface area contributed by atoms with Crippen LogP contribution < -0.4 is 5.32 Å². The number of hydrogen-bond donors (Lipinski definition) is 1. The predicted octanol–water partition coefficient (Wildman–Crippen LogP) is 2.25. The largest absolute Gasteiger partial charge is 0.326 e. The lowest BCUT2D eigenvalue weighted by Crippen LogP contribution is -2.05. The van der Waals surface area contributed by atoms with Crippen LogP contribution in [0.1, 0.15) is 6.92 Å². The molecular formula is C9H8N2OS. The molecule has 0 aliphatic heterocycles. The molecule has 13 heavy (non-hydrogen) atoms. The minimum absolute atomic E-state index is 0.0606. The van der Waals surface area contributed by atoms with Crippen molar-refractivity contribution < 1.29 is 4.79 Å². The zero-order valence-corrected chi connectivity index (χ0v) is 7.89. The van der Waals surface area contributed by atoms with E-state index in [0.29, 0.717) is 0 Å². The first-order valence-corrected chi connectivity index (χ1v) is 4.74. The number of aromatic nitrogens is 1. The highest BCUT2D eigenvalue weighted by Crippen LogP contribution is 2.21. The minimum atomic E-state index is -0.0606. The van der Waals surface area contributed by atoms with Crippen molar-refractivity contribution in [2.24, 2.45) is 0 Å². The van der Waals surface area contributed by atoms with Crippen LogP contribution in [0, 0.1) is 0 Å². The lowest BCUT2D eigenvalue weighted by Gasteiger charge is -1.99. The zero-order valence-electron chi connectivity index (χ0n) is 7.07. The summed E-state index contributed by atoms with van der Waals surface area (Å²) in [6.45, 7) is 1.49. The van der Waals surface area contributed by atoms with Crippen molar-refractivity contribution in [1.82, 2.24) is 4.98 Å². The second-order valence-electron chi connectivity index (χ2n) is 2.72. The van der Waals surface area contributed by atoms with E-state index in [9.17, 15) is 4.79 Å². The number of nitrogens with zero attached hydrogens (tertiary/aromatic N) is 1. The molecule has 1 aromatic heterocycles. The summed E-state index contributed by atoms with van der Waals surface area (Å²) < 4.78 is 1.13. The molecule has 0 saturated heterocycles. The van der Waals surface area contributed by atoms with Crippen LogP contribution >= 0.6 is 11.3 Å². The molecule has 1 aromatic carbocycles. The molecule has 0 unspecified atom stereocenters. The van der Waals surface area contributed by atoms with Gasteiger partial charge < -0.3 is 5.32 Å². The van der Waals surface area contributed by atoms with Gasteiger partial charge in [0.1, 0.15) is 0 Å². The monoisotopic (exact) mass is 192 g/mol. The number of anilines is 1. The Morgan fingerprint density at radius 1 is 1.54 bits per heavy atom. The summed E-state index contributed by atoms with van der Waals surface area (Å²) >= 11 is 1.59. The number of nitrogens with one attached hydrogen (secondary N) is 1. The molecule has 3 nitrogen and oxygen atoms in total. The van der Waals surface area contributed by atoms with E-state index >= 15 is 0 Å².